The van der Waals surface area contributed by atoms with Crippen LogP contribution >= 0.6 is 50.7 Å². The summed E-state index contributed by atoms with van der Waals surface area (Å²) in [6.07, 6.45) is 1.69. The van der Waals surface area contributed by atoms with Gasteiger partial charge in [0.15, 0.2) is 5.75 Å². The molecule has 0 heterocycles. The highest BCUT2D eigenvalue weighted by atomic mass is 79.9. The number of ether oxygens (including phenoxy) is 1. The van der Waals surface area contributed by atoms with Gasteiger partial charge in [-0.15, -0.1) is 0 Å². The van der Waals surface area contributed by atoms with E-state index in [1.54, 1.807) is 30.3 Å². The predicted octanol–water partition coefficient (Wildman–Crippen LogP) is 8.05. The number of nitriles is 1. The minimum Gasteiger partial charge on any atom is -0.486 e. The molecule has 28 heavy (non-hydrogen) atoms. The fraction of sp³-hybridized carbons (Fsp3) is 0.0455. The van der Waals surface area contributed by atoms with E-state index in [0.29, 0.717) is 44.1 Å². The number of halogens is 4. The van der Waals surface area contributed by atoms with Gasteiger partial charge in [0.2, 0.25) is 0 Å². The van der Waals surface area contributed by atoms with Crippen LogP contribution in [0.2, 0.25) is 15.1 Å². The Kier molecular flexibility index (Phi) is 7.04. The predicted molar refractivity (Wildman–Crippen MR) is 120 cm³/mol. The van der Waals surface area contributed by atoms with E-state index in [1.807, 2.05) is 36.4 Å². The van der Waals surface area contributed by atoms with Crippen molar-refractivity contribution in [3.05, 3.63) is 96.9 Å². The molecule has 0 saturated carbocycles. The lowest BCUT2D eigenvalue weighted by molar-refractivity contribution is 0.306. The molecule has 0 aliphatic rings. The molecule has 0 spiro atoms. The Labute approximate surface area is 187 Å². The van der Waals surface area contributed by atoms with Crippen LogP contribution in [0.3, 0.4) is 0 Å². The van der Waals surface area contributed by atoms with Crippen molar-refractivity contribution in [2.75, 3.05) is 0 Å². The van der Waals surface area contributed by atoms with Crippen molar-refractivity contribution in [2.45, 2.75) is 6.61 Å². The highest BCUT2D eigenvalue weighted by Crippen LogP contribution is 2.36. The number of nitrogens with zero attached hydrogens (tertiary/aromatic N) is 1. The summed E-state index contributed by atoms with van der Waals surface area (Å²) in [7, 11) is 0. The molecule has 0 radical (unpaired) electrons. The first-order chi connectivity index (χ1) is 13.5. The van der Waals surface area contributed by atoms with E-state index in [4.69, 9.17) is 39.5 Å². The van der Waals surface area contributed by atoms with E-state index in [-0.39, 0.29) is 0 Å². The summed E-state index contributed by atoms with van der Waals surface area (Å²) in [6.45, 7) is 0.338. The minimum atomic E-state index is 0.338. The van der Waals surface area contributed by atoms with Gasteiger partial charge in [-0.05, 0) is 47.5 Å². The number of rotatable bonds is 5. The molecule has 3 rings (SSSR count). The van der Waals surface area contributed by atoms with Gasteiger partial charge < -0.3 is 4.74 Å². The zero-order valence-corrected chi connectivity index (χ0v) is 18.3. The Morgan fingerprint density at radius 1 is 0.964 bits per heavy atom. The van der Waals surface area contributed by atoms with Crippen molar-refractivity contribution < 1.29 is 4.74 Å². The van der Waals surface area contributed by atoms with Crippen LogP contribution in [0.4, 0.5) is 0 Å². The van der Waals surface area contributed by atoms with E-state index < -0.39 is 0 Å². The van der Waals surface area contributed by atoms with Crippen LogP contribution in [0.5, 0.6) is 5.75 Å². The second-order valence-corrected chi connectivity index (χ2v) is 8.02. The molecule has 0 saturated heterocycles. The highest BCUT2D eigenvalue weighted by molar-refractivity contribution is 9.10. The van der Waals surface area contributed by atoms with Crippen LogP contribution in [0, 0.1) is 11.3 Å². The van der Waals surface area contributed by atoms with Gasteiger partial charge in [-0.25, -0.2) is 0 Å². The maximum Gasteiger partial charge on any atom is 0.157 e. The Balaban J connectivity index is 1.86. The largest absolute Gasteiger partial charge is 0.486 e. The molecule has 0 atom stereocenters. The van der Waals surface area contributed by atoms with Gasteiger partial charge in [-0.1, -0.05) is 81.1 Å². The molecular weight excluding hydrogens is 481 g/mol. The SMILES string of the molecule is N#CC(=Cc1cc(Cl)c(OCc2ccc(Br)cc2)c(Cl)c1)c1ccccc1Cl. The smallest absolute Gasteiger partial charge is 0.157 e. The van der Waals surface area contributed by atoms with E-state index in [0.717, 1.165) is 10.0 Å². The standard InChI is InChI=1S/C22H13BrCl3NO/c23-17-7-5-14(6-8-17)13-28-22-20(25)10-15(11-21(22)26)9-16(12-27)18-3-1-2-4-19(18)24/h1-11H,13H2. The van der Waals surface area contributed by atoms with Crippen LogP contribution in [0.1, 0.15) is 16.7 Å². The maximum atomic E-state index is 9.52. The third-order valence-electron chi connectivity index (χ3n) is 3.91. The van der Waals surface area contributed by atoms with Crippen molar-refractivity contribution in [2.24, 2.45) is 0 Å². The molecule has 0 unspecified atom stereocenters. The molecule has 0 aliphatic heterocycles. The van der Waals surface area contributed by atoms with Gasteiger partial charge in [0.25, 0.3) is 0 Å². The topological polar surface area (TPSA) is 33.0 Å². The second kappa shape index (κ2) is 9.49. The average molecular weight is 494 g/mol. The molecule has 140 valence electrons. The summed E-state index contributed by atoms with van der Waals surface area (Å²) in [5.41, 5.74) is 2.74. The van der Waals surface area contributed by atoms with Gasteiger partial charge in [0.05, 0.1) is 21.7 Å². The third-order valence-corrected chi connectivity index (χ3v) is 5.33. The first kappa shape index (κ1) is 20.8. The Morgan fingerprint density at radius 3 is 2.21 bits per heavy atom. The lowest BCUT2D eigenvalue weighted by Gasteiger charge is -2.11. The van der Waals surface area contributed by atoms with Gasteiger partial charge in [-0.2, -0.15) is 5.26 Å². The second-order valence-electron chi connectivity index (χ2n) is 5.88. The van der Waals surface area contributed by atoms with Gasteiger partial charge in [-0.3, -0.25) is 0 Å². The summed E-state index contributed by atoms with van der Waals surface area (Å²) >= 11 is 22.3. The molecule has 0 aliphatic carbocycles. The van der Waals surface area contributed by atoms with Crippen molar-refractivity contribution in [3.63, 3.8) is 0 Å². The van der Waals surface area contributed by atoms with Crippen LogP contribution < -0.4 is 4.74 Å². The van der Waals surface area contributed by atoms with Crippen LogP contribution in [0.25, 0.3) is 11.6 Å². The summed E-state index contributed by atoms with van der Waals surface area (Å²) in [6, 6.07) is 20.5. The average Bonchev–Trinajstić information content (AvgIpc) is 2.67. The molecule has 0 amide bonds. The summed E-state index contributed by atoms with van der Waals surface area (Å²) in [4.78, 5) is 0. The Hall–Kier alpha value is -1.96. The summed E-state index contributed by atoms with van der Waals surface area (Å²) in [5.74, 6) is 0.402. The summed E-state index contributed by atoms with van der Waals surface area (Å²) < 4.78 is 6.79. The van der Waals surface area contributed by atoms with Crippen LogP contribution in [-0.2, 0) is 6.61 Å². The van der Waals surface area contributed by atoms with E-state index in [1.165, 1.54) is 0 Å². The molecule has 0 fully saturated rings. The lowest BCUT2D eigenvalue weighted by atomic mass is 10.0. The number of hydrogen-bond acceptors (Lipinski definition) is 2. The molecular formula is C22H13BrCl3NO. The zero-order valence-electron chi connectivity index (χ0n) is 14.4. The molecule has 0 aromatic heterocycles. The quantitative estimate of drug-likeness (QED) is 0.266. The number of hydrogen-bond donors (Lipinski definition) is 0. The first-order valence-corrected chi connectivity index (χ1v) is 10.1. The highest BCUT2D eigenvalue weighted by Gasteiger charge is 2.11. The van der Waals surface area contributed by atoms with Crippen molar-refractivity contribution in [3.8, 4) is 11.8 Å². The molecule has 0 N–H and O–H groups in total. The van der Waals surface area contributed by atoms with Crippen LogP contribution in [0.15, 0.2) is 65.1 Å². The zero-order chi connectivity index (χ0) is 20.1. The molecule has 6 heteroatoms. The fourth-order valence-corrected chi connectivity index (χ4v) is 3.67. The van der Waals surface area contributed by atoms with E-state index >= 15 is 0 Å². The fourth-order valence-electron chi connectivity index (χ4n) is 2.55. The minimum absolute atomic E-state index is 0.338. The Bertz CT molecular complexity index is 1050. The number of benzene rings is 3. The Morgan fingerprint density at radius 2 is 1.61 bits per heavy atom. The third kappa shape index (κ3) is 5.10. The molecule has 3 aromatic carbocycles. The lowest BCUT2D eigenvalue weighted by Crippen LogP contribution is -1.97. The normalized spacial score (nSPS) is 11.2. The maximum absolute atomic E-state index is 9.52. The first-order valence-electron chi connectivity index (χ1n) is 8.21. The van der Waals surface area contributed by atoms with Crippen molar-refractivity contribution >= 4 is 62.4 Å². The molecule has 3 aromatic rings. The van der Waals surface area contributed by atoms with Crippen molar-refractivity contribution in [1.82, 2.24) is 0 Å². The van der Waals surface area contributed by atoms with Crippen molar-refractivity contribution in [1.29, 1.82) is 5.26 Å². The van der Waals surface area contributed by atoms with Gasteiger partial charge in [0, 0.05) is 15.1 Å². The van der Waals surface area contributed by atoms with Gasteiger partial charge >= 0.3 is 0 Å². The van der Waals surface area contributed by atoms with Gasteiger partial charge in [0.1, 0.15) is 6.61 Å². The number of allylic oxidation sites excluding steroid dienone is 1. The molecule has 2 nitrogen and oxygen atoms in total. The summed E-state index contributed by atoms with van der Waals surface area (Å²) in [5, 5.41) is 10.8. The van der Waals surface area contributed by atoms with E-state index in [9.17, 15) is 5.26 Å². The monoisotopic (exact) mass is 491 g/mol. The molecule has 0 bridgehead atoms. The van der Waals surface area contributed by atoms with Crippen LogP contribution in [-0.4, -0.2) is 0 Å². The van der Waals surface area contributed by atoms with E-state index in [2.05, 4.69) is 22.0 Å².